The Hall–Kier alpha value is -3.81. The van der Waals surface area contributed by atoms with E-state index in [1.807, 2.05) is 37.3 Å². The Morgan fingerprint density at radius 2 is 1.77 bits per heavy atom. The van der Waals surface area contributed by atoms with Gasteiger partial charge in [0.05, 0.1) is 17.3 Å². The van der Waals surface area contributed by atoms with Gasteiger partial charge < -0.3 is 24.8 Å². The van der Waals surface area contributed by atoms with Crippen LogP contribution in [0.25, 0.3) is 0 Å². The number of esters is 1. The molecule has 8 nitrogen and oxygen atoms in total. The van der Waals surface area contributed by atoms with Crippen LogP contribution in [0.4, 0.5) is 5.69 Å². The predicted molar refractivity (Wildman–Crippen MR) is 108 cm³/mol. The van der Waals surface area contributed by atoms with Gasteiger partial charge in [0.1, 0.15) is 19.5 Å². The van der Waals surface area contributed by atoms with E-state index in [1.54, 1.807) is 24.3 Å². The van der Waals surface area contributed by atoms with Crippen molar-refractivity contribution >= 4 is 23.5 Å². The fourth-order valence-electron chi connectivity index (χ4n) is 2.75. The summed E-state index contributed by atoms with van der Waals surface area (Å²) >= 11 is 0. The first-order chi connectivity index (χ1) is 14.5. The standard InChI is InChI=1S/C22H22N2O6/c1-15(16-7-3-2-4-8-16)23-21(26)17-9-5-6-10-18(17)24-20(25)14-30-22(27)19-13-28-11-12-29-19/h2-10,13,15H,11-12,14H2,1H3,(H,23,26)(H,24,25)/t15-/m1/s1. The van der Waals surface area contributed by atoms with E-state index in [0.29, 0.717) is 17.9 Å². The minimum Gasteiger partial charge on any atom is -0.493 e. The van der Waals surface area contributed by atoms with Crippen molar-refractivity contribution in [3.63, 3.8) is 0 Å². The van der Waals surface area contributed by atoms with E-state index in [9.17, 15) is 14.4 Å². The number of rotatable bonds is 7. The van der Waals surface area contributed by atoms with Gasteiger partial charge in [0.2, 0.25) is 5.76 Å². The highest BCUT2D eigenvalue weighted by atomic mass is 16.6. The zero-order chi connectivity index (χ0) is 21.3. The molecule has 2 aromatic carbocycles. The average molecular weight is 410 g/mol. The van der Waals surface area contributed by atoms with Crippen LogP contribution in [0.1, 0.15) is 28.9 Å². The second-order valence-corrected chi connectivity index (χ2v) is 6.48. The number of nitrogens with one attached hydrogen (secondary N) is 2. The molecule has 0 saturated carbocycles. The van der Waals surface area contributed by atoms with Gasteiger partial charge in [-0.2, -0.15) is 0 Å². The highest BCUT2D eigenvalue weighted by molar-refractivity contribution is 6.04. The van der Waals surface area contributed by atoms with Crippen molar-refractivity contribution in [3.05, 3.63) is 77.7 Å². The first kappa shape index (κ1) is 20.9. The van der Waals surface area contributed by atoms with Crippen molar-refractivity contribution in [2.24, 2.45) is 0 Å². The molecule has 0 aromatic heterocycles. The molecule has 2 N–H and O–H groups in total. The number of hydrogen-bond donors (Lipinski definition) is 2. The minimum atomic E-state index is -0.799. The van der Waals surface area contributed by atoms with Crippen LogP contribution in [0.3, 0.4) is 0 Å². The third kappa shape index (κ3) is 5.60. The molecule has 156 valence electrons. The second-order valence-electron chi connectivity index (χ2n) is 6.48. The van der Waals surface area contributed by atoms with Crippen molar-refractivity contribution in [2.75, 3.05) is 25.1 Å². The van der Waals surface area contributed by atoms with E-state index in [1.165, 1.54) is 0 Å². The maximum absolute atomic E-state index is 12.7. The van der Waals surface area contributed by atoms with Crippen LogP contribution >= 0.6 is 0 Å². The molecule has 0 bridgehead atoms. The van der Waals surface area contributed by atoms with Gasteiger partial charge in [0.25, 0.3) is 11.8 Å². The van der Waals surface area contributed by atoms with Crippen LogP contribution in [0, 0.1) is 0 Å². The van der Waals surface area contributed by atoms with Crippen LogP contribution in [0.2, 0.25) is 0 Å². The normalized spacial score (nSPS) is 13.7. The summed E-state index contributed by atoms with van der Waals surface area (Å²) in [6.07, 6.45) is 1.15. The molecule has 8 heteroatoms. The molecular formula is C22H22N2O6. The Kier molecular flexibility index (Phi) is 7.05. The van der Waals surface area contributed by atoms with Crippen molar-refractivity contribution in [1.82, 2.24) is 5.32 Å². The lowest BCUT2D eigenvalue weighted by atomic mass is 10.1. The Balaban J connectivity index is 1.59. The van der Waals surface area contributed by atoms with Gasteiger partial charge >= 0.3 is 5.97 Å². The Labute approximate surface area is 173 Å². The van der Waals surface area contributed by atoms with Crippen LogP contribution in [0.15, 0.2) is 66.6 Å². The van der Waals surface area contributed by atoms with E-state index in [-0.39, 0.29) is 24.3 Å². The minimum absolute atomic E-state index is 0.0938. The number of ether oxygens (including phenoxy) is 3. The van der Waals surface area contributed by atoms with Gasteiger partial charge in [0.15, 0.2) is 6.61 Å². The van der Waals surface area contributed by atoms with Crippen LogP contribution in [-0.4, -0.2) is 37.6 Å². The summed E-state index contributed by atoms with van der Waals surface area (Å²) in [7, 11) is 0. The number of anilines is 1. The van der Waals surface area contributed by atoms with E-state index in [4.69, 9.17) is 14.2 Å². The summed E-state index contributed by atoms with van der Waals surface area (Å²) in [5.74, 6) is -1.81. The summed E-state index contributed by atoms with van der Waals surface area (Å²) in [6.45, 7) is 1.92. The quantitative estimate of drug-likeness (QED) is 0.680. The average Bonchev–Trinajstić information content (AvgIpc) is 2.79. The third-order valence-electron chi connectivity index (χ3n) is 4.28. The molecule has 30 heavy (non-hydrogen) atoms. The zero-order valence-corrected chi connectivity index (χ0v) is 16.4. The lowest BCUT2D eigenvalue weighted by Gasteiger charge is -2.17. The molecule has 0 unspecified atom stereocenters. The van der Waals surface area contributed by atoms with Gasteiger partial charge in [-0.25, -0.2) is 4.79 Å². The highest BCUT2D eigenvalue weighted by Gasteiger charge is 2.19. The summed E-state index contributed by atoms with van der Waals surface area (Å²) < 4.78 is 15.0. The molecule has 3 rings (SSSR count). The van der Waals surface area contributed by atoms with Gasteiger partial charge in [0, 0.05) is 0 Å². The van der Waals surface area contributed by atoms with Crippen molar-refractivity contribution in [3.8, 4) is 0 Å². The summed E-state index contributed by atoms with van der Waals surface area (Å²) in [5.41, 5.74) is 1.57. The molecule has 1 aliphatic rings. The number of hydrogen-bond acceptors (Lipinski definition) is 6. The topological polar surface area (TPSA) is 103 Å². The van der Waals surface area contributed by atoms with E-state index in [2.05, 4.69) is 10.6 Å². The molecule has 0 aliphatic carbocycles. The SMILES string of the molecule is C[C@@H](NC(=O)c1ccccc1NC(=O)COC(=O)C1=COCCO1)c1ccccc1. The molecule has 1 heterocycles. The third-order valence-corrected chi connectivity index (χ3v) is 4.28. The Morgan fingerprint density at radius 1 is 1.03 bits per heavy atom. The maximum atomic E-state index is 12.7. The van der Waals surface area contributed by atoms with Crippen LogP contribution in [0.5, 0.6) is 0 Å². The van der Waals surface area contributed by atoms with E-state index >= 15 is 0 Å². The largest absolute Gasteiger partial charge is 0.493 e. The zero-order valence-electron chi connectivity index (χ0n) is 16.4. The number of amides is 2. The molecule has 0 radical (unpaired) electrons. The number of carbonyl (C=O) groups excluding carboxylic acids is 3. The highest BCUT2D eigenvalue weighted by Crippen LogP contribution is 2.18. The Morgan fingerprint density at radius 3 is 2.50 bits per heavy atom. The Bertz CT molecular complexity index is 942. The monoisotopic (exact) mass is 410 g/mol. The lowest BCUT2D eigenvalue weighted by molar-refractivity contribution is -0.148. The molecule has 0 spiro atoms. The van der Waals surface area contributed by atoms with E-state index < -0.39 is 18.5 Å². The number of benzene rings is 2. The fourth-order valence-corrected chi connectivity index (χ4v) is 2.75. The van der Waals surface area contributed by atoms with Gasteiger partial charge in [-0.1, -0.05) is 42.5 Å². The molecule has 0 fully saturated rings. The molecule has 0 saturated heterocycles. The maximum Gasteiger partial charge on any atom is 0.377 e. The molecule has 1 aliphatic heterocycles. The van der Waals surface area contributed by atoms with E-state index in [0.717, 1.165) is 11.8 Å². The van der Waals surface area contributed by atoms with Gasteiger partial charge in [-0.3, -0.25) is 9.59 Å². The first-order valence-corrected chi connectivity index (χ1v) is 9.41. The fraction of sp³-hybridized carbons (Fsp3) is 0.227. The predicted octanol–water partition coefficient (Wildman–Crippen LogP) is 2.55. The van der Waals surface area contributed by atoms with Crippen molar-refractivity contribution in [2.45, 2.75) is 13.0 Å². The lowest BCUT2D eigenvalue weighted by Crippen LogP contribution is -2.29. The van der Waals surface area contributed by atoms with Gasteiger partial charge in [-0.15, -0.1) is 0 Å². The molecule has 1 atom stereocenters. The van der Waals surface area contributed by atoms with Crippen LogP contribution in [-0.2, 0) is 23.8 Å². The van der Waals surface area contributed by atoms with Crippen molar-refractivity contribution in [1.29, 1.82) is 0 Å². The summed E-state index contributed by atoms with van der Waals surface area (Å²) in [4.78, 5) is 36.8. The summed E-state index contributed by atoms with van der Waals surface area (Å²) in [6, 6.07) is 15.9. The number of carbonyl (C=O) groups is 3. The number of para-hydroxylation sites is 1. The summed E-state index contributed by atoms with van der Waals surface area (Å²) in [5, 5.41) is 5.50. The molecular weight excluding hydrogens is 388 g/mol. The van der Waals surface area contributed by atoms with Crippen molar-refractivity contribution < 1.29 is 28.6 Å². The molecule has 2 aromatic rings. The van der Waals surface area contributed by atoms with Crippen LogP contribution < -0.4 is 10.6 Å². The smallest absolute Gasteiger partial charge is 0.377 e. The molecule has 2 amide bonds. The second kappa shape index (κ2) is 10.1. The van der Waals surface area contributed by atoms with Gasteiger partial charge in [-0.05, 0) is 24.6 Å². The first-order valence-electron chi connectivity index (χ1n) is 9.41.